The Labute approximate surface area is 222 Å². The Morgan fingerprint density at radius 3 is 2.34 bits per heavy atom. The normalized spacial score (nSPS) is 14.1. The van der Waals surface area contributed by atoms with Gasteiger partial charge in [0.05, 0.1) is 17.1 Å². The lowest BCUT2D eigenvalue weighted by Gasteiger charge is -2.29. The Bertz CT molecular complexity index is 1350. The number of hydrogen-bond acceptors (Lipinski definition) is 5. The topological polar surface area (TPSA) is 108 Å². The van der Waals surface area contributed by atoms with Crippen molar-refractivity contribution in [3.8, 4) is 0 Å². The Balaban J connectivity index is 1.41. The van der Waals surface area contributed by atoms with Crippen LogP contribution in [-0.4, -0.2) is 42.2 Å². The van der Waals surface area contributed by atoms with Crippen LogP contribution in [0.5, 0.6) is 0 Å². The first-order valence-corrected chi connectivity index (χ1v) is 14.0. The third kappa shape index (κ3) is 7.69. The number of carbonyl (C=O) groups excluding carboxylic acids is 2. The van der Waals surface area contributed by atoms with Crippen molar-refractivity contribution in [1.82, 2.24) is 19.9 Å². The molecule has 3 aromatic rings. The van der Waals surface area contributed by atoms with Crippen molar-refractivity contribution in [2.45, 2.75) is 62.7 Å². The standard InChI is InChI=1S/C28H31FN4O4S/c1-20(28(35)31-18-25-4-2-3-17-30-25)33(19-22-5-10-23(29)11-6-22)27(34)16-9-21-7-14-26(15-8-21)38(36,37)32-24-12-13-24/h2-8,10-11,14-15,17,20,24,32H,9,12-13,16,18-19H2,1H3,(H,31,35)/t20-/m0/s1. The zero-order chi connectivity index (χ0) is 27.1. The van der Waals surface area contributed by atoms with Gasteiger partial charge in [0.15, 0.2) is 0 Å². The number of rotatable bonds is 12. The lowest BCUT2D eigenvalue weighted by atomic mass is 10.1. The number of aryl methyl sites for hydroxylation is 1. The fourth-order valence-electron chi connectivity index (χ4n) is 3.92. The maximum absolute atomic E-state index is 13.4. The van der Waals surface area contributed by atoms with Gasteiger partial charge in [-0.15, -0.1) is 0 Å². The van der Waals surface area contributed by atoms with E-state index in [0.29, 0.717) is 17.7 Å². The smallest absolute Gasteiger partial charge is 0.242 e. The second kappa shape index (κ2) is 12.3. The molecule has 200 valence electrons. The molecule has 1 heterocycles. The highest BCUT2D eigenvalue weighted by molar-refractivity contribution is 7.89. The number of hydrogen-bond donors (Lipinski definition) is 2. The lowest BCUT2D eigenvalue weighted by molar-refractivity contribution is -0.140. The highest BCUT2D eigenvalue weighted by Gasteiger charge is 2.28. The van der Waals surface area contributed by atoms with E-state index in [1.54, 1.807) is 49.5 Å². The third-order valence-electron chi connectivity index (χ3n) is 6.36. The summed E-state index contributed by atoms with van der Waals surface area (Å²) in [5.74, 6) is -0.962. The SMILES string of the molecule is C[C@@H](C(=O)NCc1ccccn1)N(Cc1ccc(F)cc1)C(=O)CCc1ccc(S(=O)(=O)NC2CC2)cc1. The van der Waals surface area contributed by atoms with Crippen molar-refractivity contribution >= 4 is 21.8 Å². The molecule has 4 rings (SSSR count). The number of nitrogens with one attached hydrogen (secondary N) is 2. The monoisotopic (exact) mass is 538 g/mol. The Hall–Kier alpha value is -3.63. The first kappa shape index (κ1) is 27.4. The Morgan fingerprint density at radius 2 is 1.71 bits per heavy atom. The maximum Gasteiger partial charge on any atom is 0.242 e. The minimum Gasteiger partial charge on any atom is -0.349 e. The van der Waals surface area contributed by atoms with E-state index in [2.05, 4.69) is 15.0 Å². The molecule has 0 aliphatic heterocycles. The highest BCUT2D eigenvalue weighted by Crippen LogP contribution is 2.22. The molecule has 2 aromatic carbocycles. The quantitative estimate of drug-likeness (QED) is 0.368. The van der Waals surface area contributed by atoms with Crippen LogP contribution in [0, 0.1) is 5.82 Å². The molecule has 1 aliphatic rings. The van der Waals surface area contributed by atoms with Gasteiger partial charge < -0.3 is 10.2 Å². The van der Waals surface area contributed by atoms with Gasteiger partial charge in [0, 0.05) is 25.2 Å². The molecule has 1 saturated carbocycles. The Morgan fingerprint density at radius 1 is 1.03 bits per heavy atom. The molecule has 0 spiro atoms. The summed E-state index contributed by atoms with van der Waals surface area (Å²) in [4.78, 5) is 32.1. The van der Waals surface area contributed by atoms with Crippen LogP contribution >= 0.6 is 0 Å². The number of benzene rings is 2. The fraction of sp³-hybridized carbons (Fsp3) is 0.321. The van der Waals surface area contributed by atoms with Crippen LogP contribution in [0.3, 0.4) is 0 Å². The van der Waals surface area contributed by atoms with E-state index in [0.717, 1.165) is 18.4 Å². The van der Waals surface area contributed by atoms with Gasteiger partial charge in [-0.1, -0.05) is 30.3 Å². The van der Waals surface area contributed by atoms with Crippen molar-refractivity contribution in [3.05, 3.63) is 95.6 Å². The summed E-state index contributed by atoms with van der Waals surface area (Å²) >= 11 is 0. The number of aromatic nitrogens is 1. The van der Waals surface area contributed by atoms with Gasteiger partial charge in [-0.25, -0.2) is 17.5 Å². The second-order valence-electron chi connectivity index (χ2n) is 9.40. The van der Waals surface area contributed by atoms with Crippen LogP contribution < -0.4 is 10.0 Å². The number of sulfonamides is 1. The molecule has 1 fully saturated rings. The summed E-state index contributed by atoms with van der Waals surface area (Å²) in [5.41, 5.74) is 2.20. The minimum absolute atomic E-state index is 0.0209. The molecule has 2 N–H and O–H groups in total. The van der Waals surface area contributed by atoms with Crippen molar-refractivity contribution in [3.63, 3.8) is 0 Å². The van der Waals surface area contributed by atoms with Crippen LogP contribution in [0.1, 0.15) is 43.0 Å². The third-order valence-corrected chi connectivity index (χ3v) is 7.90. The van der Waals surface area contributed by atoms with Crippen molar-refractivity contribution < 1.29 is 22.4 Å². The molecule has 1 aromatic heterocycles. The van der Waals surface area contributed by atoms with Crippen molar-refractivity contribution in [1.29, 1.82) is 0 Å². The van der Waals surface area contributed by atoms with Crippen LogP contribution in [-0.2, 0) is 39.1 Å². The zero-order valence-corrected chi connectivity index (χ0v) is 22.0. The van der Waals surface area contributed by atoms with Crippen molar-refractivity contribution in [2.24, 2.45) is 0 Å². The van der Waals surface area contributed by atoms with E-state index in [1.807, 2.05) is 6.07 Å². The summed E-state index contributed by atoms with van der Waals surface area (Å²) in [5, 5.41) is 2.82. The average molecular weight is 539 g/mol. The van der Waals surface area contributed by atoms with E-state index < -0.39 is 16.1 Å². The molecular weight excluding hydrogens is 507 g/mol. The summed E-state index contributed by atoms with van der Waals surface area (Å²) in [7, 11) is -3.54. The van der Waals surface area contributed by atoms with Crippen LogP contribution in [0.25, 0.3) is 0 Å². The molecule has 10 heteroatoms. The predicted molar refractivity (Wildman–Crippen MR) is 141 cm³/mol. The van der Waals surface area contributed by atoms with Gasteiger partial charge in [0.25, 0.3) is 0 Å². The molecule has 0 unspecified atom stereocenters. The average Bonchev–Trinajstić information content (AvgIpc) is 3.74. The highest BCUT2D eigenvalue weighted by atomic mass is 32.2. The number of pyridine rings is 1. The zero-order valence-electron chi connectivity index (χ0n) is 21.1. The van der Waals surface area contributed by atoms with E-state index in [1.165, 1.54) is 29.2 Å². The van der Waals surface area contributed by atoms with Gasteiger partial charge >= 0.3 is 0 Å². The molecule has 38 heavy (non-hydrogen) atoms. The van der Waals surface area contributed by atoms with E-state index in [9.17, 15) is 22.4 Å². The number of nitrogens with zero attached hydrogens (tertiary/aromatic N) is 2. The first-order chi connectivity index (χ1) is 18.2. The van der Waals surface area contributed by atoms with Gasteiger partial charge in [-0.2, -0.15) is 0 Å². The first-order valence-electron chi connectivity index (χ1n) is 12.5. The van der Waals surface area contributed by atoms with E-state index >= 15 is 0 Å². The fourth-order valence-corrected chi connectivity index (χ4v) is 5.22. The molecule has 0 bridgehead atoms. The van der Waals surface area contributed by atoms with Gasteiger partial charge in [0.2, 0.25) is 21.8 Å². The largest absolute Gasteiger partial charge is 0.349 e. The summed E-state index contributed by atoms with van der Waals surface area (Å²) in [6, 6.07) is 16.9. The Kier molecular flexibility index (Phi) is 8.85. The second-order valence-corrected chi connectivity index (χ2v) is 11.1. The lowest BCUT2D eigenvalue weighted by Crippen LogP contribution is -2.47. The molecule has 0 saturated heterocycles. The number of carbonyl (C=O) groups is 2. The van der Waals surface area contributed by atoms with Gasteiger partial charge in [-0.05, 0) is 73.7 Å². The van der Waals surface area contributed by atoms with Gasteiger partial charge in [0.1, 0.15) is 11.9 Å². The number of halogens is 1. The molecule has 1 atom stereocenters. The maximum atomic E-state index is 13.4. The summed E-state index contributed by atoms with van der Waals surface area (Å²) in [6.07, 6.45) is 3.84. The van der Waals surface area contributed by atoms with Crippen LogP contribution in [0.4, 0.5) is 4.39 Å². The van der Waals surface area contributed by atoms with E-state index in [4.69, 9.17) is 0 Å². The molecule has 2 amide bonds. The molecule has 1 aliphatic carbocycles. The van der Waals surface area contributed by atoms with Gasteiger partial charge in [-0.3, -0.25) is 14.6 Å². The van der Waals surface area contributed by atoms with Crippen LogP contribution in [0.15, 0.2) is 77.8 Å². The molecule has 0 radical (unpaired) electrons. The van der Waals surface area contributed by atoms with Crippen LogP contribution in [0.2, 0.25) is 0 Å². The predicted octanol–water partition coefficient (Wildman–Crippen LogP) is 3.33. The minimum atomic E-state index is -3.54. The van der Waals surface area contributed by atoms with E-state index in [-0.39, 0.29) is 48.1 Å². The summed E-state index contributed by atoms with van der Waals surface area (Å²) < 4.78 is 40.8. The molecular formula is C28H31FN4O4S. The molecule has 8 nitrogen and oxygen atoms in total. The summed E-state index contributed by atoms with van der Waals surface area (Å²) in [6.45, 7) is 2.02. The number of amides is 2. The van der Waals surface area contributed by atoms with Crippen molar-refractivity contribution in [2.75, 3.05) is 0 Å².